The average Bonchev–Trinajstić information content (AvgIpc) is 3.14. The molecule has 4 N–H and O–H groups in total. The summed E-state index contributed by atoms with van der Waals surface area (Å²) in [6.07, 6.45) is 1.01. The van der Waals surface area contributed by atoms with Crippen molar-refractivity contribution in [1.29, 1.82) is 0 Å². The number of benzene rings is 1. The average molecular weight is 401 g/mol. The maximum Gasteiger partial charge on any atom is 0.284 e. The number of carbonyl (C=O) groups excluding carboxylic acids is 1. The Labute approximate surface area is 172 Å². The normalized spacial score (nSPS) is 11.6. The molecule has 0 atom stereocenters. The van der Waals surface area contributed by atoms with Gasteiger partial charge in [-0.25, -0.2) is 4.99 Å². The number of nitrogens with one attached hydrogen (secondary N) is 2. The molecule has 29 heavy (non-hydrogen) atoms. The molecule has 0 saturated carbocycles. The van der Waals surface area contributed by atoms with Gasteiger partial charge in [-0.2, -0.15) is 0 Å². The van der Waals surface area contributed by atoms with Crippen LogP contribution >= 0.6 is 0 Å². The van der Waals surface area contributed by atoms with Crippen molar-refractivity contribution in [2.45, 2.75) is 47.2 Å². The maximum atomic E-state index is 11.1. The lowest BCUT2D eigenvalue weighted by Crippen LogP contribution is -2.36. The standard InChI is InChI=1S/C22H32N4O3/c1-5-24-22(26-14-18-8-9-19(29-18)21(23)27)25-13-17-7-6-16(4)12-20(17)28-11-10-15(2)3/h6-9,12,15H,5,10-11,13-14H2,1-4H3,(H2,23,27)(H2,24,25,26). The van der Waals surface area contributed by atoms with Crippen LogP contribution in [0.15, 0.2) is 39.7 Å². The number of furan rings is 1. The molecule has 1 aromatic heterocycles. The fourth-order valence-electron chi connectivity index (χ4n) is 2.61. The van der Waals surface area contributed by atoms with E-state index in [1.54, 1.807) is 12.1 Å². The van der Waals surface area contributed by atoms with Crippen molar-refractivity contribution in [2.24, 2.45) is 16.6 Å². The lowest BCUT2D eigenvalue weighted by Gasteiger charge is -2.14. The smallest absolute Gasteiger partial charge is 0.284 e. The molecular weight excluding hydrogens is 368 g/mol. The molecule has 2 rings (SSSR count). The van der Waals surface area contributed by atoms with E-state index in [-0.39, 0.29) is 5.76 Å². The van der Waals surface area contributed by atoms with Gasteiger partial charge in [-0.05, 0) is 49.9 Å². The second kappa shape index (κ2) is 11.1. The van der Waals surface area contributed by atoms with E-state index in [1.165, 1.54) is 0 Å². The summed E-state index contributed by atoms with van der Waals surface area (Å²) in [5.74, 6) is 2.30. The van der Waals surface area contributed by atoms with E-state index < -0.39 is 5.91 Å². The van der Waals surface area contributed by atoms with Crippen LogP contribution in [0, 0.1) is 12.8 Å². The molecule has 7 nitrogen and oxygen atoms in total. The van der Waals surface area contributed by atoms with Crippen molar-refractivity contribution in [3.8, 4) is 5.75 Å². The summed E-state index contributed by atoms with van der Waals surface area (Å²) in [4.78, 5) is 15.8. The molecule has 0 unspecified atom stereocenters. The van der Waals surface area contributed by atoms with E-state index in [0.717, 1.165) is 29.8 Å². The number of nitrogens with two attached hydrogens (primary N) is 1. The Hall–Kier alpha value is -2.96. The van der Waals surface area contributed by atoms with E-state index in [1.807, 2.05) is 6.92 Å². The number of hydrogen-bond donors (Lipinski definition) is 3. The molecule has 7 heteroatoms. The molecule has 0 aliphatic heterocycles. The highest BCUT2D eigenvalue weighted by Crippen LogP contribution is 2.22. The molecule has 2 aromatic rings. The molecule has 1 heterocycles. The molecule has 0 bridgehead atoms. The number of rotatable bonds is 10. The summed E-state index contributed by atoms with van der Waals surface area (Å²) in [7, 11) is 0. The van der Waals surface area contributed by atoms with Gasteiger partial charge in [0, 0.05) is 12.1 Å². The van der Waals surface area contributed by atoms with Crippen LogP contribution in [0.25, 0.3) is 0 Å². The Bertz CT molecular complexity index is 827. The lowest BCUT2D eigenvalue weighted by atomic mass is 10.1. The van der Waals surface area contributed by atoms with Crippen molar-refractivity contribution in [3.63, 3.8) is 0 Å². The highest BCUT2D eigenvalue weighted by Gasteiger charge is 2.09. The number of amides is 1. The summed E-state index contributed by atoms with van der Waals surface area (Å²) >= 11 is 0. The van der Waals surface area contributed by atoms with Gasteiger partial charge in [-0.3, -0.25) is 4.79 Å². The predicted octanol–water partition coefficient (Wildman–Crippen LogP) is 3.37. The van der Waals surface area contributed by atoms with E-state index >= 15 is 0 Å². The number of primary amides is 1. The molecule has 0 fully saturated rings. The second-order valence-electron chi connectivity index (χ2n) is 7.32. The Balaban J connectivity index is 2.03. The zero-order chi connectivity index (χ0) is 21.2. The Kier molecular flexibility index (Phi) is 8.58. The fourth-order valence-corrected chi connectivity index (χ4v) is 2.61. The summed E-state index contributed by atoms with van der Waals surface area (Å²) in [5.41, 5.74) is 7.41. The van der Waals surface area contributed by atoms with Gasteiger partial charge in [0.15, 0.2) is 11.7 Å². The van der Waals surface area contributed by atoms with E-state index in [0.29, 0.717) is 37.3 Å². The number of guanidine groups is 1. The Morgan fingerprint density at radius 1 is 1.24 bits per heavy atom. The zero-order valence-corrected chi connectivity index (χ0v) is 17.7. The molecule has 0 saturated heterocycles. The van der Waals surface area contributed by atoms with Crippen LogP contribution in [0.2, 0.25) is 0 Å². The molecule has 0 aliphatic carbocycles. The van der Waals surface area contributed by atoms with Crippen LogP contribution in [0.4, 0.5) is 0 Å². The highest BCUT2D eigenvalue weighted by atomic mass is 16.5. The minimum atomic E-state index is -0.582. The van der Waals surface area contributed by atoms with Gasteiger partial charge < -0.3 is 25.5 Å². The quantitative estimate of drug-likeness (QED) is 0.419. The first-order valence-corrected chi connectivity index (χ1v) is 10.0. The monoisotopic (exact) mass is 400 g/mol. The van der Waals surface area contributed by atoms with Crippen LogP contribution in [-0.4, -0.2) is 25.0 Å². The van der Waals surface area contributed by atoms with Gasteiger partial charge in [-0.15, -0.1) is 0 Å². The van der Waals surface area contributed by atoms with Crippen molar-refractivity contribution in [2.75, 3.05) is 13.2 Å². The lowest BCUT2D eigenvalue weighted by molar-refractivity contribution is 0.0972. The van der Waals surface area contributed by atoms with Gasteiger partial charge in [0.05, 0.1) is 19.7 Å². The molecular formula is C22H32N4O3. The van der Waals surface area contributed by atoms with E-state index in [9.17, 15) is 4.79 Å². The van der Waals surface area contributed by atoms with Gasteiger partial charge >= 0.3 is 0 Å². The molecule has 1 amide bonds. The van der Waals surface area contributed by atoms with Crippen LogP contribution < -0.4 is 21.1 Å². The first-order chi connectivity index (χ1) is 13.9. The summed E-state index contributed by atoms with van der Waals surface area (Å²) in [5, 5.41) is 6.41. The van der Waals surface area contributed by atoms with Crippen LogP contribution in [-0.2, 0) is 13.1 Å². The minimum Gasteiger partial charge on any atom is -0.493 e. The van der Waals surface area contributed by atoms with Gasteiger partial charge in [0.2, 0.25) is 0 Å². The van der Waals surface area contributed by atoms with Crippen LogP contribution in [0.3, 0.4) is 0 Å². The summed E-state index contributed by atoms with van der Waals surface area (Å²) < 4.78 is 11.4. The zero-order valence-electron chi connectivity index (χ0n) is 17.7. The number of aliphatic imine (C=N–C) groups is 1. The molecule has 1 aromatic carbocycles. The van der Waals surface area contributed by atoms with Crippen LogP contribution in [0.1, 0.15) is 54.6 Å². The molecule has 0 aliphatic rings. The third-order valence-corrected chi connectivity index (χ3v) is 4.26. The number of aryl methyl sites for hydroxylation is 1. The molecule has 158 valence electrons. The number of nitrogens with zero attached hydrogens (tertiary/aromatic N) is 1. The number of ether oxygens (including phenoxy) is 1. The van der Waals surface area contributed by atoms with E-state index in [2.05, 4.69) is 54.6 Å². The first-order valence-electron chi connectivity index (χ1n) is 10.0. The van der Waals surface area contributed by atoms with Gasteiger partial charge in [0.1, 0.15) is 11.5 Å². The number of hydrogen-bond acceptors (Lipinski definition) is 4. The Morgan fingerprint density at radius 2 is 2.03 bits per heavy atom. The third-order valence-electron chi connectivity index (χ3n) is 4.26. The van der Waals surface area contributed by atoms with E-state index in [4.69, 9.17) is 14.9 Å². The largest absolute Gasteiger partial charge is 0.493 e. The topological polar surface area (TPSA) is 102 Å². The maximum absolute atomic E-state index is 11.1. The fraction of sp³-hybridized carbons (Fsp3) is 0.455. The predicted molar refractivity (Wildman–Crippen MR) is 115 cm³/mol. The summed E-state index contributed by atoms with van der Waals surface area (Å²) in [6, 6.07) is 9.46. The van der Waals surface area contributed by atoms with Crippen molar-refractivity contribution in [1.82, 2.24) is 10.6 Å². The van der Waals surface area contributed by atoms with Crippen molar-refractivity contribution < 1.29 is 13.9 Å². The first kappa shape index (κ1) is 22.3. The molecule has 0 radical (unpaired) electrons. The molecule has 0 spiro atoms. The van der Waals surface area contributed by atoms with Gasteiger partial charge in [-0.1, -0.05) is 26.0 Å². The third kappa shape index (κ3) is 7.52. The summed E-state index contributed by atoms with van der Waals surface area (Å²) in [6.45, 7) is 10.7. The number of carbonyl (C=O) groups is 1. The van der Waals surface area contributed by atoms with Crippen molar-refractivity contribution >= 4 is 11.9 Å². The minimum absolute atomic E-state index is 0.145. The van der Waals surface area contributed by atoms with Crippen molar-refractivity contribution in [3.05, 3.63) is 53.0 Å². The second-order valence-corrected chi connectivity index (χ2v) is 7.32. The SMILES string of the molecule is CCNC(=NCc1ccc(C)cc1OCCC(C)C)NCc1ccc(C(N)=O)o1. The van der Waals surface area contributed by atoms with Crippen LogP contribution in [0.5, 0.6) is 5.75 Å². The van der Waals surface area contributed by atoms with Gasteiger partial charge in [0.25, 0.3) is 5.91 Å². The highest BCUT2D eigenvalue weighted by molar-refractivity contribution is 5.89. The Morgan fingerprint density at radius 3 is 2.69 bits per heavy atom.